The molecule has 0 radical (unpaired) electrons. The van der Waals surface area contributed by atoms with E-state index < -0.39 is 16.1 Å². The minimum absolute atomic E-state index is 0.00889. The highest BCUT2D eigenvalue weighted by atomic mass is 35.5. The average Bonchev–Trinajstić information content (AvgIpc) is 2.28. The molecule has 0 aliphatic heterocycles. The number of benzene rings is 1. The highest BCUT2D eigenvalue weighted by molar-refractivity contribution is 7.89. The van der Waals surface area contributed by atoms with Crippen LogP contribution in [0.4, 0.5) is 0 Å². The molecule has 0 heterocycles. The van der Waals surface area contributed by atoms with Crippen LogP contribution in [-0.4, -0.2) is 21.6 Å². The molecule has 0 saturated carbocycles. The van der Waals surface area contributed by atoms with Crippen LogP contribution in [0, 0.1) is 11.3 Å². The van der Waals surface area contributed by atoms with E-state index in [1.807, 2.05) is 0 Å². The molecule has 0 fully saturated rings. The second-order valence-corrected chi connectivity index (χ2v) is 5.39. The largest absolute Gasteiger partial charge is 0.495 e. The van der Waals surface area contributed by atoms with Gasteiger partial charge in [0.2, 0.25) is 10.0 Å². The number of methoxy groups -OCH3 is 1. The molecule has 17 heavy (non-hydrogen) atoms. The van der Waals surface area contributed by atoms with Crippen LogP contribution in [0.5, 0.6) is 5.75 Å². The van der Waals surface area contributed by atoms with Gasteiger partial charge in [-0.2, -0.15) is 9.98 Å². The van der Waals surface area contributed by atoms with E-state index in [1.165, 1.54) is 32.2 Å². The van der Waals surface area contributed by atoms with Crippen LogP contribution in [0.15, 0.2) is 23.1 Å². The Hall–Kier alpha value is -1.29. The molecule has 0 aliphatic rings. The maximum absolute atomic E-state index is 11.8. The summed E-state index contributed by atoms with van der Waals surface area (Å²) in [6, 6.07) is 5.06. The maximum atomic E-state index is 11.8. The number of sulfonamides is 1. The van der Waals surface area contributed by atoms with E-state index in [-0.39, 0.29) is 9.92 Å². The van der Waals surface area contributed by atoms with E-state index in [9.17, 15) is 8.42 Å². The van der Waals surface area contributed by atoms with Crippen molar-refractivity contribution in [3.8, 4) is 11.8 Å². The lowest BCUT2D eigenvalue weighted by Gasteiger charge is -2.09. The van der Waals surface area contributed by atoms with Crippen LogP contribution in [0.2, 0.25) is 5.02 Å². The molecule has 0 amide bonds. The van der Waals surface area contributed by atoms with Crippen LogP contribution in [-0.2, 0) is 10.0 Å². The lowest BCUT2D eigenvalue weighted by atomic mass is 10.3. The SMILES string of the molecule is COc1ccc(S(=O)(=O)NC(C)C#N)cc1Cl. The van der Waals surface area contributed by atoms with Crippen molar-refractivity contribution in [2.45, 2.75) is 17.9 Å². The molecule has 0 bridgehead atoms. The molecule has 1 atom stereocenters. The minimum Gasteiger partial charge on any atom is -0.495 e. The molecule has 0 aliphatic carbocycles. The zero-order chi connectivity index (χ0) is 13.1. The molecule has 0 saturated heterocycles. The van der Waals surface area contributed by atoms with Crippen molar-refractivity contribution >= 4 is 21.6 Å². The number of hydrogen-bond acceptors (Lipinski definition) is 4. The van der Waals surface area contributed by atoms with Crippen LogP contribution in [0.25, 0.3) is 0 Å². The van der Waals surface area contributed by atoms with Gasteiger partial charge in [-0.1, -0.05) is 11.6 Å². The summed E-state index contributed by atoms with van der Waals surface area (Å²) in [7, 11) is -2.30. The van der Waals surface area contributed by atoms with E-state index >= 15 is 0 Å². The van der Waals surface area contributed by atoms with Crippen molar-refractivity contribution in [1.82, 2.24) is 4.72 Å². The molecule has 1 rings (SSSR count). The molecule has 1 aromatic carbocycles. The predicted molar refractivity (Wildman–Crippen MR) is 63.4 cm³/mol. The van der Waals surface area contributed by atoms with Crippen molar-refractivity contribution in [3.63, 3.8) is 0 Å². The number of nitrogens with zero attached hydrogens (tertiary/aromatic N) is 1. The summed E-state index contributed by atoms with van der Waals surface area (Å²) in [5, 5.41) is 8.75. The zero-order valence-corrected chi connectivity index (χ0v) is 10.8. The van der Waals surface area contributed by atoms with Gasteiger partial charge in [0.1, 0.15) is 11.8 Å². The molecule has 5 nitrogen and oxygen atoms in total. The van der Waals surface area contributed by atoms with Crippen molar-refractivity contribution in [1.29, 1.82) is 5.26 Å². The van der Waals surface area contributed by atoms with Gasteiger partial charge in [-0.3, -0.25) is 0 Å². The number of hydrogen-bond donors (Lipinski definition) is 1. The summed E-state index contributed by atoms with van der Waals surface area (Å²) < 4.78 is 30.7. The van der Waals surface area contributed by atoms with Crippen molar-refractivity contribution in [3.05, 3.63) is 23.2 Å². The molecule has 92 valence electrons. The molecular weight excluding hydrogens is 264 g/mol. The van der Waals surface area contributed by atoms with Gasteiger partial charge in [0.05, 0.1) is 23.1 Å². The van der Waals surface area contributed by atoms with Gasteiger partial charge in [0.15, 0.2) is 0 Å². The molecule has 0 spiro atoms. The van der Waals surface area contributed by atoms with Gasteiger partial charge in [0, 0.05) is 0 Å². The minimum atomic E-state index is -3.73. The second-order valence-electron chi connectivity index (χ2n) is 3.27. The summed E-state index contributed by atoms with van der Waals surface area (Å²) in [5.41, 5.74) is 0. The molecule has 1 aromatic rings. The van der Waals surface area contributed by atoms with Gasteiger partial charge in [-0.05, 0) is 25.1 Å². The van der Waals surface area contributed by atoms with Gasteiger partial charge in [-0.15, -0.1) is 0 Å². The first kappa shape index (κ1) is 13.8. The maximum Gasteiger partial charge on any atom is 0.241 e. The first-order valence-corrected chi connectivity index (χ1v) is 6.52. The number of nitrogens with one attached hydrogen (secondary N) is 1. The third-order valence-electron chi connectivity index (χ3n) is 1.96. The molecule has 7 heteroatoms. The monoisotopic (exact) mass is 274 g/mol. The Kier molecular flexibility index (Phi) is 4.34. The normalized spacial score (nSPS) is 12.8. The Morgan fingerprint density at radius 3 is 2.65 bits per heavy atom. The summed E-state index contributed by atoms with van der Waals surface area (Å²) in [6.45, 7) is 1.45. The van der Waals surface area contributed by atoms with Crippen LogP contribution < -0.4 is 9.46 Å². The number of nitriles is 1. The fourth-order valence-electron chi connectivity index (χ4n) is 1.14. The van der Waals surface area contributed by atoms with Gasteiger partial charge < -0.3 is 4.74 Å². The average molecular weight is 275 g/mol. The van der Waals surface area contributed by atoms with Crippen molar-refractivity contribution < 1.29 is 13.2 Å². The summed E-state index contributed by atoms with van der Waals surface area (Å²) >= 11 is 5.82. The third kappa shape index (κ3) is 3.33. The topological polar surface area (TPSA) is 79.2 Å². The Morgan fingerprint density at radius 2 is 2.18 bits per heavy atom. The molecular formula is C10H11ClN2O3S. The fourth-order valence-corrected chi connectivity index (χ4v) is 2.64. The lowest BCUT2D eigenvalue weighted by Crippen LogP contribution is -2.31. The zero-order valence-electron chi connectivity index (χ0n) is 9.27. The number of ether oxygens (including phenoxy) is 1. The summed E-state index contributed by atoms with van der Waals surface area (Å²) in [5.74, 6) is 0.388. The Morgan fingerprint density at radius 1 is 1.53 bits per heavy atom. The smallest absolute Gasteiger partial charge is 0.241 e. The Bertz CT molecular complexity index is 551. The van der Waals surface area contributed by atoms with Crippen LogP contribution >= 0.6 is 11.6 Å². The van der Waals surface area contributed by atoms with Crippen LogP contribution in [0.1, 0.15) is 6.92 Å². The number of rotatable bonds is 4. The lowest BCUT2D eigenvalue weighted by molar-refractivity contribution is 0.414. The highest BCUT2D eigenvalue weighted by Crippen LogP contribution is 2.26. The Balaban J connectivity index is 3.09. The standard InChI is InChI=1S/C10H11ClN2O3S/c1-7(6-12)13-17(14,15)8-3-4-10(16-2)9(11)5-8/h3-5,7,13H,1-2H3. The highest BCUT2D eigenvalue weighted by Gasteiger charge is 2.18. The second kappa shape index (κ2) is 5.36. The van der Waals surface area contributed by atoms with E-state index in [2.05, 4.69) is 4.72 Å². The Labute approximate surface area is 105 Å². The van der Waals surface area contributed by atoms with Gasteiger partial charge in [0.25, 0.3) is 0 Å². The quantitative estimate of drug-likeness (QED) is 0.903. The van der Waals surface area contributed by atoms with Gasteiger partial charge in [-0.25, -0.2) is 8.42 Å². The first-order valence-electron chi connectivity index (χ1n) is 4.66. The van der Waals surface area contributed by atoms with E-state index in [0.29, 0.717) is 5.75 Å². The van der Waals surface area contributed by atoms with Gasteiger partial charge >= 0.3 is 0 Å². The third-order valence-corrected chi connectivity index (χ3v) is 3.79. The molecule has 1 N–H and O–H groups in total. The van der Waals surface area contributed by atoms with Crippen LogP contribution in [0.3, 0.4) is 0 Å². The van der Waals surface area contributed by atoms with E-state index in [0.717, 1.165) is 0 Å². The summed E-state index contributed by atoms with van der Waals surface area (Å²) in [6.07, 6.45) is 0. The predicted octanol–water partition coefficient (Wildman–Crippen LogP) is 1.54. The fraction of sp³-hybridized carbons (Fsp3) is 0.300. The van der Waals surface area contributed by atoms with Crippen molar-refractivity contribution in [2.24, 2.45) is 0 Å². The molecule has 1 unspecified atom stereocenters. The van der Waals surface area contributed by atoms with Crippen molar-refractivity contribution in [2.75, 3.05) is 7.11 Å². The molecule has 0 aromatic heterocycles. The summed E-state index contributed by atoms with van der Waals surface area (Å²) in [4.78, 5) is -0.00889. The number of halogens is 1. The first-order chi connectivity index (χ1) is 7.90. The van der Waals surface area contributed by atoms with E-state index in [1.54, 1.807) is 6.07 Å². The van der Waals surface area contributed by atoms with E-state index in [4.69, 9.17) is 21.6 Å².